The summed E-state index contributed by atoms with van der Waals surface area (Å²) in [4.78, 5) is 27.9. The van der Waals surface area contributed by atoms with Crippen LogP contribution in [0.3, 0.4) is 0 Å². The van der Waals surface area contributed by atoms with Gasteiger partial charge in [-0.15, -0.1) is 0 Å². The van der Waals surface area contributed by atoms with Gasteiger partial charge in [0, 0.05) is 37.4 Å². The molecule has 130 valence electrons. The molecule has 0 bridgehead atoms. The second kappa shape index (κ2) is 7.24. The number of rotatable bonds is 5. The van der Waals surface area contributed by atoms with E-state index < -0.39 is 0 Å². The summed E-state index contributed by atoms with van der Waals surface area (Å²) in [6.45, 7) is 6.07. The maximum Gasteiger partial charge on any atom is 0.240 e. The molecule has 1 heterocycles. The molecular weight excluding hydrogens is 302 g/mol. The second-order valence-electron chi connectivity index (χ2n) is 7.13. The zero-order valence-electron chi connectivity index (χ0n) is 14.6. The monoisotopic (exact) mass is 329 g/mol. The van der Waals surface area contributed by atoms with Gasteiger partial charge in [-0.05, 0) is 55.9 Å². The van der Waals surface area contributed by atoms with E-state index in [2.05, 4.69) is 29.3 Å². The van der Waals surface area contributed by atoms with Crippen molar-refractivity contribution in [1.29, 1.82) is 0 Å². The molecule has 1 aromatic carbocycles. The lowest BCUT2D eigenvalue weighted by Gasteiger charge is -2.32. The van der Waals surface area contributed by atoms with Crippen molar-refractivity contribution < 1.29 is 9.59 Å². The van der Waals surface area contributed by atoms with Crippen LogP contribution in [0.25, 0.3) is 0 Å². The molecule has 5 heteroatoms. The van der Waals surface area contributed by atoms with E-state index in [1.165, 1.54) is 25.5 Å². The van der Waals surface area contributed by atoms with Gasteiger partial charge in [0.1, 0.15) is 6.54 Å². The second-order valence-corrected chi connectivity index (χ2v) is 7.13. The first kappa shape index (κ1) is 16.8. The molecule has 0 atom stereocenters. The van der Waals surface area contributed by atoms with Crippen molar-refractivity contribution >= 4 is 23.2 Å². The van der Waals surface area contributed by atoms with Crippen LogP contribution >= 0.6 is 0 Å². The minimum atomic E-state index is -0.111. The van der Waals surface area contributed by atoms with Gasteiger partial charge < -0.3 is 15.1 Å². The highest BCUT2D eigenvalue weighted by molar-refractivity contribution is 5.97. The van der Waals surface area contributed by atoms with Crippen molar-refractivity contribution in [2.75, 3.05) is 29.4 Å². The first-order chi connectivity index (χ1) is 11.5. The van der Waals surface area contributed by atoms with Crippen LogP contribution in [-0.4, -0.2) is 37.5 Å². The minimum Gasteiger partial charge on any atom is -0.372 e. The molecule has 2 amide bonds. The highest BCUT2D eigenvalue weighted by Gasteiger charge is 2.25. The number of hydrogen-bond donors (Lipinski definition) is 1. The van der Waals surface area contributed by atoms with Crippen molar-refractivity contribution in [2.45, 2.75) is 45.6 Å². The summed E-state index contributed by atoms with van der Waals surface area (Å²) >= 11 is 0. The van der Waals surface area contributed by atoms with Gasteiger partial charge in [-0.3, -0.25) is 9.59 Å². The van der Waals surface area contributed by atoms with Gasteiger partial charge in [0.25, 0.3) is 0 Å². The Bertz CT molecular complexity index is 587. The van der Waals surface area contributed by atoms with Crippen LogP contribution in [0, 0.1) is 5.92 Å². The van der Waals surface area contributed by atoms with Crippen LogP contribution in [0.15, 0.2) is 24.3 Å². The van der Waals surface area contributed by atoms with Crippen molar-refractivity contribution in [2.24, 2.45) is 5.92 Å². The average molecular weight is 329 g/mol. The number of anilines is 2. The Morgan fingerprint density at radius 2 is 1.75 bits per heavy atom. The fraction of sp³-hybridized carbons (Fsp3) is 0.579. The number of amides is 2. The fourth-order valence-corrected chi connectivity index (χ4v) is 3.14. The third kappa shape index (κ3) is 4.28. The van der Waals surface area contributed by atoms with Crippen molar-refractivity contribution in [3.05, 3.63) is 24.3 Å². The lowest BCUT2D eigenvalue weighted by Crippen LogP contribution is -2.40. The van der Waals surface area contributed by atoms with Gasteiger partial charge in [-0.25, -0.2) is 0 Å². The molecule has 1 saturated carbocycles. The quantitative estimate of drug-likeness (QED) is 0.903. The summed E-state index contributed by atoms with van der Waals surface area (Å²) in [5, 5.41) is 2.94. The molecule has 5 nitrogen and oxygen atoms in total. The van der Waals surface area contributed by atoms with E-state index in [9.17, 15) is 9.59 Å². The Kier molecular flexibility index (Phi) is 5.07. The minimum absolute atomic E-state index is 0.0817. The van der Waals surface area contributed by atoms with Gasteiger partial charge in [-0.2, -0.15) is 0 Å². The van der Waals surface area contributed by atoms with Crippen LogP contribution in [-0.2, 0) is 9.59 Å². The third-order valence-corrected chi connectivity index (χ3v) is 4.93. The summed E-state index contributed by atoms with van der Waals surface area (Å²) in [7, 11) is 0. The van der Waals surface area contributed by atoms with E-state index in [1.54, 1.807) is 4.90 Å². The Hall–Kier alpha value is -2.04. The zero-order chi connectivity index (χ0) is 17.1. The Morgan fingerprint density at radius 3 is 2.29 bits per heavy atom. The SMILES string of the molecule is CC(=O)N(CC(=O)NC1CC1)c1ccc(N2CCC(C)CC2)cc1. The summed E-state index contributed by atoms with van der Waals surface area (Å²) in [6, 6.07) is 8.31. The molecule has 2 aliphatic rings. The first-order valence-electron chi connectivity index (χ1n) is 8.95. The highest BCUT2D eigenvalue weighted by atomic mass is 16.2. The van der Waals surface area contributed by atoms with E-state index in [0.717, 1.165) is 37.5 Å². The van der Waals surface area contributed by atoms with E-state index in [1.807, 2.05) is 12.1 Å². The molecule has 0 radical (unpaired) electrons. The summed E-state index contributed by atoms with van der Waals surface area (Å²) in [6.07, 6.45) is 4.55. The summed E-state index contributed by atoms with van der Waals surface area (Å²) < 4.78 is 0. The number of nitrogens with zero attached hydrogens (tertiary/aromatic N) is 2. The van der Waals surface area contributed by atoms with Crippen LogP contribution in [0.5, 0.6) is 0 Å². The molecule has 1 N–H and O–H groups in total. The number of benzene rings is 1. The van der Waals surface area contributed by atoms with Crippen molar-refractivity contribution in [1.82, 2.24) is 5.32 Å². The average Bonchev–Trinajstić information content (AvgIpc) is 3.37. The summed E-state index contributed by atoms with van der Waals surface area (Å²) in [5.41, 5.74) is 1.97. The third-order valence-electron chi connectivity index (χ3n) is 4.93. The van der Waals surface area contributed by atoms with Crippen molar-refractivity contribution in [3.63, 3.8) is 0 Å². The Balaban J connectivity index is 1.64. The lowest BCUT2D eigenvalue weighted by molar-refractivity contribution is -0.123. The summed E-state index contributed by atoms with van der Waals surface area (Å²) in [5.74, 6) is 0.612. The maximum absolute atomic E-state index is 12.0. The van der Waals surface area contributed by atoms with E-state index >= 15 is 0 Å². The molecule has 0 unspecified atom stereocenters. The molecule has 1 aromatic rings. The van der Waals surface area contributed by atoms with E-state index in [-0.39, 0.29) is 18.4 Å². The number of piperidine rings is 1. The smallest absolute Gasteiger partial charge is 0.240 e. The molecule has 24 heavy (non-hydrogen) atoms. The Morgan fingerprint density at radius 1 is 1.12 bits per heavy atom. The molecule has 1 aliphatic heterocycles. The standard InChI is InChI=1S/C19H27N3O2/c1-14-9-11-21(12-10-14)17-5-7-18(8-6-17)22(15(2)23)13-19(24)20-16-3-4-16/h5-8,14,16H,3-4,9-13H2,1-2H3,(H,20,24). The molecule has 0 spiro atoms. The number of hydrogen-bond acceptors (Lipinski definition) is 3. The van der Waals surface area contributed by atoms with Crippen LogP contribution in [0.1, 0.15) is 39.5 Å². The molecular formula is C19H27N3O2. The molecule has 1 saturated heterocycles. The van der Waals surface area contributed by atoms with Gasteiger partial charge in [0.05, 0.1) is 0 Å². The predicted octanol–water partition coefficient (Wildman–Crippen LogP) is 2.55. The number of carbonyl (C=O) groups excluding carboxylic acids is 2. The van der Waals surface area contributed by atoms with Gasteiger partial charge in [0.15, 0.2) is 0 Å². The highest BCUT2D eigenvalue weighted by Crippen LogP contribution is 2.25. The topological polar surface area (TPSA) is 52.7 Å². The van der Waals surface area contributed by atoms with E-state index in [0.29, 0.717) is 6.04 Å². The predicted molar refractivity (Wildman–Crippen MR) is 96.2 cm³/mol. The lowest BCUT2D eigenvalue weighted by atomic mass is 9.99. The molecule has 0 aromatic heterocycles. The molecule has 1 aliphatic carbocycles. The van der Waals surface area contributed by atoms with Crippen LogP contribution in [0.4, 0.5) is 11.4 Å². The number of nitrogens with one attached hydrogen (secondary N) is 1. The van der Waals surface area contributed by atoms with Gasteiger partial charge >= 0.3 is 0 Å². The Labute approximate surface area is 144 Å². The van der Waals surface area contributed by atoms with Gasteiger partial charge in [-0.1, -0.05) is 6.92 Å². The zero-order valence-corrected chi connectivity index (χ0v) is 14.6. The molecule has 2 fully saturated rings. The van der Waals surface area contributed by atoms with Gasteiger partial charge in [0.2, 0.25) is 11.8 Å². The fourth-order valence-electron chi connectivity index (χ4n) is 3.14. The normalized spacial score (nSPS) is 18.3. The number of carbonyl (C=O) groups is 2. The maximum atomic E-state index is 12.0. The van der Waals surface area contributed by atoms with Crippen LogP contribution < -0.4 is 15.1 Å². The largest absolute Gasteiger partial charge is 0.372 e. The van der Waals surface area contributed by atoms with Crippen LogP contribution in [0.2, 0.25) is 0 Å². The first-order valence-corrected chi connectivity index (χ1v) is 8.95. The van der Waals surface area contributed by atoms with Crippen molar-refractivity contribution in [3.8, 4) is 0 Å². The van der Waals surface area contributed by atoms with E-state index in [4.69, 9.17) is 0 Å². The molecule has 3 rings (SSSR count).